The van der Waals surface area contributed by atoms with Crippen LogP contribution >= 0.6 is 11.6 Å². The minimum Gasteiger partial charge on any atom is -0.448 e. The van der Waals surface area contributed by atoms with Crippen molar-refractivity contribution in [1.29, 1.82) is 5.26 Å². The van der Waals surface area contributed by atoms with Gasteiger partial charge in [-0.25, -0.2) is 0 Å². The molecular weight excluding hydrogens is 226 g/mol. The zero-order valence-corrected chi connectivity index (χ0v) is 9.70. The molecule has 0 saturated carbocycles. The van der Waals surface area contributed by atoms with Gasteiger partial charge in [0.2, 0.25) is 0 Å². The molecule has 1 aromatic heterocycles. The zero-order valence-electron chi connectivity index (χ0n) is 8.95. The molecule has 0 radical (unpaired) electrons. The van der Waals surface area contributed by atoms with Crippen molar-refractivity contribution in [2.45, 2.75) is 12.5 Å². The highest BCUT2D eigenvalue weighted by atomic mass is 35.5. The first-order valence-corrected chi connectivity index (χ1v) is 5.76. The maximum Gasteiger partial charge on any atom is 0.193 e. The Morgan fingerprint density at radius 1 is 1.50 bits per heavy atom. The summed E-state index contributed by atoms with van der Waals surface area (Å²) in [5, 5.41) is 12.5. The van der Waals surface area contributed by atoms with Crippen LogP contribution in [0.3, 0.4) is 0 Å². The summed E-state index contributed by atoms with van der Waals surface area (Å²) in [4.78, 5) is 2.26. The van der Waals surface area contributed by atoms with Gasteiger partial charge in [-0.15, -0.1) is 0 Å². The van der Waals surface area contributed by atoms with Crippen LogP contribution < -0.4 is 5.32 Å². The predicted molar refractivity (Wildman–Crippen MR) is 61.1 cm³/mol. The first-order valence-electron chi connectivity index (χ1n) is 5.38. The lowest BCUT2D eigenvalue weighted by atomic mass is 10.1. The maximum absolute atomic E-state index is 8.87. The van der Waals surface area contributed by atoms with Crippen molar-refractivity contribution in [1.82, 2.24) is 10.2 Å². The number of nitriles is 1. The molecule has 1 aromatic rings. The lowest BCUT2D eigenvalue weighted by molar-refractivity contribution is 0.157. The van der Waals surface area contributed by atoms with E-state index in [1.54, 1.807) is 6.07 Å². The van der Waals surface area contributed by atoms with Crippen LogP contribution in [0.5, 0.6) is 0 Å². The summed E-state index contributed by atoms with van der Waals surface area (Å²) < 4.78 is 5.40. The number of piperazine rings is 1. The highest BCUT2D eigenvalue weighted by Crippen LogP contribution is 2.27. The van der Waals surface area contributed by atoms with E-state index in [1.165, 1.54) is 0 Å². The fourth-order valence-corrected chi connectivity index (χ4v) is 2.15. The molecule has 1 N–H and O–H groups in total. The van der Waals surface area contributed by atoms with Gasteiger partial charge < -0.3 is 9.73 Å². The first kappa shape index (κ1) is 11.5. The quantitative estimate of drug-likeness (QED) is 0.874. The maximum atomic E-state index is 8.87. The molecule has 0 aliphatic carbocycles. The van der Waals surface area contributed by atoms with E-state index in [0.29, 0.717) is 11.6 Å². The van der Waals surface area contributed by atoms with E-state index in [-0.39, 0.29) is 6.04 Å². The second kappa shape index (κ2) is 5.35. The van der Waals surface area contributed by atoms with Gasteiger partial charge in [-0.1, -0.05) is 0 Å². The van der Waals surface area contributed by atoms with Crippen molar-refractivity contribution in [2.75, 3.05) is 26.2 Å². The second-order valence-electron chi connectivity index (χ2n) is 3.81. The van der Waals surface area contributed by atoms with E-state index in [1.807, 2.05) is 6.07 Å². The van der Waals surface area contributed by atoms with E-state index in [2.05, 4.69) is 16.3 Å². The molecule has 1 aliphatic rings. The number of halogens is 1. The van der Waals surface area contributed by atoms with Crippen LogP contribution in [-0.2, 0) is 0 Å². The Hall–Kier alpha value is -1.02. The van der Waals surface area contributed by atoms with E-state index in [9.17, 15) is 0 Å². The molecule has 1 fully saturated rings. The van der Waals surface area contributed by atoms with E-state index in [0.717, 1.165) is 31.9 Å². The third-order valence-electron chi connectivity index (χ3n) is 2.80. The van der Waals surface area contributed by atoms with Crippen molar-refractivity contribution in [3.8, 4) is 6.07 Å². The molecule has 0 amide bonds. The number of hydrogen-bond donors (Lipinski definition) is 1. The minimum absolute atomic E-state index is 0.0274. The fraction of sp³-hybridized carbons (Fsp3) is 0.545. The van der Waals surface area contributed by atoms with E-state index >= 15 is 0 Å². The summed E-state index contributed by atoms with van der Waals surface area (Å²) in [7, 11) is 0. The van der Waals surface area contributed by atoms with Crippen LogP contribution in [0.25, 0.3) is 0 Å². The lowest BCUT2D eigenvalue weighted by Gasteiger charge is -2.32. The zero-order chi connectivity index (χ0) is 11.4. The van der Waals surface area contributed by atoms with Crippen molar-refractivity contribution < 1.29 is 4.42 Å². The third kappa shape index (κ3) is 2.56. The molecule has 0 bridgehead atoms. The van der Waals surface area contributed by atoms with Crippen LogP contribution in [-0.4, -0.2) is 31.1 Å². The number of nitrogens with one attached hydrogen (secondary N) is 1. The molecule has 0 unspecified atom stereocenters. The highest BCUT2D eigenvalue weighted by molar-refractivity contribution is 6.28. The first-order chi connectivity index (χ1) is 7.81. The van der Waals surface area contributed by atoms with E-state index in [4.69, 9.17) is 21.3 Å². The summed E-state index contributed by atoms with van der Waals surface area (Å²) in [5.41, 5.74) is 0. The Morgan fingerprint density at radius 3 is 2.81 bits per heavy atom. The molecule has 16 heavy (non-hydrogen) atoms. The monoisotopic (exact) mass is 239 g/mol. The number of hydrogen-bond acceptors (Lipinski definition) is 4. The number of nitrogens with zero attached hydrogens (tertiary/aromatic N) is 2. The van der Waals surface area contributed by atoms with Gasteiger partial charge in [0.25, 0.3) is 0 Å². The Labute approximate surface area is 99.8 Å². The van der Waals surface area contributed by atoms with Crippen LogP contribution in [0.4, 0.5) is 0 Å². The standard InChI is InChI=1S/C11H14ClN3O/c12-11-2-1-10(16-11)9(3-4-13)15-7-5-14-6-8-15/h1-2,9,14H,3,5-8H2/t9-/m1/s1. The molecular formula is C11H14ClN3O. The van der Waals surface area contributed by atoms with Crippen LogP contribution in [0, 0.1) is 11.3 Å². The van der Waals surface area contributed by atoms with Gasteiger partial charge in [0.15, 0.2) is 5.22 Å². The van der Waals surface area contributed by atoms with Gasteiger partial charge in [-0.05, 0) is 23.7 Å². The molecule has 5 heteroatoms. The highest BCUT2D eigenvalue weighted by Gasteiger charge is 2.24. The summed E-state index contributed by atoms with van der Waals surface area (Å²) in [6.45, 7) is 3.78. The smallest absolute Gasteiger partial charge is 0.193 e. The van der Waals surface area contributed by atoms with Crippen molar-refractivity contribution >= 4 is 11.6 Å². The topological polar surface area (TPSA) is 52.2 Å². The Morgan fingerprint density at radius 2 is 2.25 bits per heavy atom. The SMILES string of the molecule is N#CC[C@H](c1ccc(Cl)o1)N1CCNCC1. The number of furan rings is 1. The molecule has 2 rings (SSSR count). The largest absolute Gasteiger partial charge is 0.448 e. The van der Waals surface area contributed by atoms with Crippen LogP contribution in [0.2, 0.25) is 5.22 Å². The summed E-state index contributed by atoms with van der Waals surface area (Å²) in [6.07, 6.45) is 0.434. The number of rotatable bonds is 3. The van der Waals surface area contributed by atoms with Crippen LogP contribution in [0.1, 0.15) is 18.2 Å². The van der Waals surface area contributed by atoms with Gasteiger partial charge in [0.1, 0.15) is 5.76 Å². The normalized spacial score (nSPS) is 19.2. The van der Waals surface area contributed by atoms with Gasteiger partial charge in [-0.2, -0.15) is 5.26 Å². The van der Waals surface area contributed by atoms with Crippen molar-refractivity contribution in [3.05, 3.63) is 23.1 Å². The minimum atomic E-state index is 0.0274. The average Bonchev–Trinajstić information content (AvgIpc) is 2.74. The predicted octanol–water partition coefficient (Wildman–Crippen LogP) is 1.79. The van der Waals surface area contributed by atoms with Gasteiger partial charge in [0, 0.05) is 26.2 Å². The Bertz CT molecular complexity index is 379. The average molecular weight is 240 g/mol. The van der Waals surface area contributed by atoms with Gasteiger partial charge in [0.05, 0.1) is 18.5 Å². The van der Waals surface area contributed by atoms with Gasteiger partial charge in [-0.3, -0.25) is 4.90 Å². The molecule has 1 atom stereocenters. The fourth-order valence-electron chi connectivity index (χ4n) is 2.00. The Kier molecular flexibility index (Phi) is 3.83. The summed E-state index contributed by atoms with van der Waals surface area (Å²) >= 11 is 5.76. The molecule has 2 heterocycles. The van der Waals surface area contributed by atoms with Crippen LogP contribution in [0.15, 0.2) is 16.5 Å². The second-order valence-corrected chi connectivity index (χ2v) is 4.18. The third-order valence-corrected chi connectivity index (χ3v) is 3.00. The summed E-state index contributed by atoms with van der Waals surface area (Å²) in [6, 6.07) is 5.81. The molecule has 1 saturated heterocycles. The molecule has 4 nitrogen and oxygen atoms in total. The van der Waals surface area contributed by atoms with E-state index < -0.39 is 0 Å². The van der Waals surface area contributed by atoms with Gasteiger partial charge >= 0.3 is 0 Å². The molecule has 0 spiro atoms. The van der Waals surface area contributed by atoms with Crippen molar-refractivity contribution in [3.63, 3.8) is 0 Å². The molecule has 1 aliphatic heterocycles. The Balaban J connectivity index is 2.13. The van der Waals surface area contributed by atoms with Crippen molar-refractivity contribution in [2.24, 2.45) is 0 Å². The molecule has 86 valence electrons. The summed E-state index contributed by atoms with van der Waals surface area (Å²) in [5.74, 6) is 0.786. The lowest BCUT2D eigenvalue weighted by Crippen LogP contribution is -2.45. The molecule has 0 aromatic carbocycles.